The van der Waals surface area contributed by atoms with Crippen LogP contribution in [0.15, 0.2) is 47.5 Å². The van der Waals surface area contributed by atoms with Gasteiger partial charge in [-0.25, -0.2) is 0 Å². The standard InChI is InChI=1S/C15H16P2/c1-2-8-15(7-1,13-3-9-16-10-4-13)14-5-11-17-12-6-14/h3-6,9-12H,1-2,7-8H2. The first kappa shape index (κ1) is 11.4. The largest absolute Gasteiger partial charge is 0.0765 e. The minimum Gasteiger partial charge on any atom is -0.0765 e. The maximum atomic E-state index is 2.34. The summed E-state index contributed by atoms with van der Waals surface area (Å²) in [5, 5.41) is 0. The van der Waals surface area contributed by atoms with E-state index in [0.29, 0.717) is 5.41 Å². The van der Waals surface area contributed by atoms with Crippen molar-refractivity contribution in [2.75, 3.05) is 0 Å². The van der Waals surface area contributed by atoms with E-state index in [4.69, 9.17) is 0 Å². The normalized spacial score (nSPS) is 18.1. The molecule has 1 fully saturated rings. The SMILES string of the molecule is c1cc(C2(c3ccpcc3)CCCC2)ccp1. The Balaban J connectivity index is 2.11. The molecular formula is C15H16P2. The van der Waals surface area contributed by atoms with Gasteiger partial charge in [-0.3, -0.25) is 0 Å². The molecule has 0 unspecified atom stereocenters. The molecule has 0 amide bonds. The van der Waals surface area contributed by atoms with Crippen molar-refractivity contribution in [2.45, 2.75) is 31.1 Å². The van der Waals surface area contributed by atoms with Gasteiger partial charge in [0, 0.05) is 5.41 Å². The summed E-state index contributed by atoms with van der Waals surface area (Å²) in [5.74, 6) is 9.07. The van der Waals surface area contributed by atoms with Crippen molar-refractivity contribution in [3.05, 3.63) is 58.6 Å². The highest BCUT2D eigenvalue weighted by molar-refractivity contribution is 7.28. The first-order valence-electron chi connectivity index (χ1n) is 6.23. The summed E-state index contributed by atoms with van der Waals surface area (Å²) in [6, 6.07) is 9.36. The highest BCUT2D eigenvalue weighted by Gasteiger charge is 2.36. The van der Waals surface area contributed by atoms with Gasteiger partial charge >= 0.3 is 0 Å². The molecule has 3 rings (SSSR count). The van der Waals surface area contributed by atoms with Crippen LogP contribution in [0.5, 0.6) is 0 Å². The van der Waals surface area contributed by atoms with Gasteiger partial charge in [-0.1, -0.05) is 53.5 Å². The third kappa shape index (κ3) is 2.05. The molecule has 2 aromatic heterocycles. The Labute approximate surface area is 106 Å². The van der Waals surface area contributed by atoms with Gasteiger partial charge in [0.05, 0.1) is 0 Å². The molecule has 2 heterocycles. The summed E-state index contributed by atoms with van der Waals surface area (Å²) < 4.78 is 0. The fourth-order valence-electron chi connectivity index (χ4n) is 3.06. The molecule has 0 atom stereocenters. The third-order valence-corrected chi connectivity index (χ3v) is 5.21. The van der Waals surface area contributed by atoms with Crippen molar-refractivity contribution in [3.63, 3.8) is 0 Å². The maximum Gasteiger partial charge on any atom is 0.0203 e. The zero-order valence-corrected chi connectivity index (χ0v) is 11.6. The van der Waals surface area contributed by atoms with Gasteiger partial charge in [0.25, 0.3) is 0 Å². The lowest BCUT2D eigenvalue weighted by Gasteiger charge is -2.30. The monoisotopic (exact) mass is 258 g/mol. The molecule has 2 aromatic rings. The van der Waals surface area contributed by atoms with E-state index in [1.807, 2.05) is 0 Å². The van der Waals surface area contributed by atoms with Gasteiger partial charge in [0.15, 0.2) is 0 Å². The van der Waals surface area contributed by atoms with Crippen LogP contribution < -0.4 is 0 Å². The van der Waals surface area contributed by atoms with E-state index in [1.54, 1.807) is 0 Å². The molecule has 86 valence electrons. The minimum atomic E-state index is 0.311. The fraction of sp³-hybridized carbons (Fsp3) is 0.333. The van der Waals surface area contributed by atoms with Gasteiger partial charge in [-0.15, -0.1) is 0 Å². The lowest BCUT2D eigenvalue weighted by Crippen LogP contribution is -2.23. The van der Waals surface area contributed by atoms with Crippen molar-refractivity contribution in [2.24, 2.45) is 0 Å². The minimum absolute atomic E-state index is 0.311. The molecular weight excluding hydrogens is 242 g/mol. The van der Waals surface area contributed by atoms with E-state index in [0.717, 1.165) is 0 Å². The van der Waals surface area contributed by atoms with Crippen LogP contribution in [0, 0.1) is 0 Å². The first-order valence-corrected chi connectivity index (χ1v) is 8.29. The van der Waals surface area contributed by atoms with Crippen LogP contribution in [0.3, 0.4) is 0 Å². The lowest BCUT2D eigenvalue weighted by molar-refractivity contribution is 0.536. The fourth-order valence-corrected chi connectivity index (χ4v) is 4.25. The van der Waals surface area contributed by atoms with Crippen LogP contribution in [-0.2, 0) is 5.41 Å². The average molecular weight is 258 g/mol. The Morgan fingerprint density at radius 2 is 1.12 bits per heavy atom. The van der Waals surface area contributed by atoms with Crippen molar-refractivity contribution in [1.82, 2.24) is 0 Å². The molecule has 0 bridgehead atoms. The van der Waals surface area contributed by atoms with E-state index >= 15 is 0 Å². The highest BCUT2D eigenvalue weighted by Crippen LogP contribution is 2.46. The summed E-state index contributed by atoms with van der Waals surface area (Å²) >= 11 is 0. The summed E-state index contributed by atoms with van der Waals surface area (Å²) in [5.41, 5.74) is 3.36. The van der Waals surface area contributed by atoms with Gasteiger partial charge < -0.3 is 0 Å². The van der Waals surface area contributed by atoms with Crippen molar-refractivity contribution >= 4 is 16.4 Å². The van der Waals surface area contributed by atoms with Crippen LogP contribution >= 0.6 is 16.4 Å². The van der Waals surface area contributed by atoms with Crippen LogP contribution in [0.25, 0.3) is 0 Å². The Morgan fingerprint density at radius 1 is 0.706 bits per heavy atom. The smallest absolute Gasteiger partial charge is 0.0203 e. The summed E-state index contributed by atoms with van der Waals surface area (Å²) in [4.78, 5) is 0. The van der Waals surface area contributed by atoms with E-state index in [9.17, 15) is 0 Å². The lowest BCUT2D eigenvalue weighted by atomic mass is 9.74. The first-order chi connectivity index (χ1) is 8.42. The summed E-state index contributed by atoms with van der Waals surface area (Å²) in [6.45, 7) is 0. The summed E-state index contributed by atoms with van der Waals surface area (Å²) in [7, 11) is 2.64. The Bertz CT molecular complexity index is 431. The number of hydrogen-bond donors (Lipinski definition) is 0. The van der Waals surface area contributed by atoms with Crippen LogP contribution in [0.2, 0.25) is 0 Å². The van der Waals surface area contributed by atoms with Gasteiger partial charge in [-0.2, -0.15) is 0 Å². The molecule has 17 heavy (non-hydrogen) atoms. The molecule has 0 N–H and O–H groups in total. The predicted molar refractivity (Wildman–Crippen MR) is 77.2 cm³/mol. The third-order valence-electron chi connectivity index (χ3n) is 3.92. The molecule has 1 aliphatic carbocycles. The molecule has 0 nitrogen and oxygen atoms in total. The molecule has 0 spiro atoms. The zero-order valence-electron chi connectivity index (χ0n) is 9.84. The Hall–Kier alpha value is -0.700. The number of hydrogen-bond acceptors (Lipinski definition) is 0. The molecule has 0 aliphatic heterocycles. The predicted octanol–water partition coefficient (Wildman–Crippen LogP) is 5.71. The van der Waals surface area contributed by atoms with Crippen molar-refractivity contribution in [3.8, 4) is 0 Å². The Kier molecular flexibility index (Phi) is 3.28. The second kappa shape index (κ2) is 4.89. The molecule has 1 saturated carbocycles. The van der Waals surface area contributed by atoms with Crippen LogP contribution in [0.4, 0.5) is 0 Å². The second-order valence-electron chi connectivity index (χ2n) is 4.76. The maximum absolute atomic E-state index is 2.34. The second-order valence-corrected chi connectivity index (χ2v) is 6.55. The van der Waals surface area contributed by atoms with E-state index < -0.39 is 0 Å². The molecule has 1 aliphatic rings. The average Bonchev–Trinajstić information content (AvgIpc) is 2.91. The quantitative estimate of drug-likeness (QED) is 0.647. The van der Waals surface area contributed by atoms with Crippen molar-refractivity contribution < 1.29 is 0 Å². The zero-order chi connectivity index (χ0) is 11.6. The van der Waals surface area contributed by atoms with Gasteiger partial charge in [0.1, 0.15) is 0 Å². The van der Waals surface area contributed by atoms with E-state index in [1.165, 1.54) is 53.2 Å². The van der Waals surface area contributed by atoms with Crippen LogP contribution in [-0.4, -0.2) is 0 Å². The highest BCUT2D eigenvalue weighted by atomic mass is 31.0. The Morgan fingerprint density at radius 3 is 1.53 bits per heavy atom. The van der Waals surface area contributed by atoms with Crippen LogP contribution in [0.1, 0.15) is 36.8 Å². The number of rotatable bonds is 2. The topological polar surface area (TPSA) is 0 Å². The molecule has 0 radical (unpaired) electrons. The van der Waals surface area contributed by atoms with E-state index in [-0.39, 0.29) is 0 Å². The van der Waals surface area contributed by atoms with Gasteiger partial charge in [-0.05, 0) is 47.2 Å². The molecule has 0 aromatic carbocycles. The van der Waals surface area contributed by atoms with Gasteiger partial charge in [0.2, 0.25) is 0 Å². The molecule has 2 heteroatoms. The van der Waals surface area contributed by atoms with E-state index in [2.05, 4.69) is 47.5 Å². The molecule has 0 saturated heterocycles. The summed E-state index contributed by atoms with van der Waals surface area (Å²) in [6.07, 6.45) is 5.36. The van der Waals surface area contributed by atoms with Crippen molar-refractivity contribution in [1.29, 1.82) is 0 Å².